The highest BCUT2D eigenvalue weighted by atomic mass is 16.4. The zero-order valence-corrected chi connectivity index (χ0v) is 11.4. The molecule has 0 aliphatic heterocycles. The van der Waals surface area contributed by atoms with Gasteiger partial charge in [0.2, 0.25) is 0 Å². The second kappa shape index (κ2) is 6.10. The summed E-state index contributed by atoms with van der Waals surface area (Å²) in [6.07, 6.45) is 4.09. The van der Waals surface area contributed by atoms with Crippen LogP contribution in [-0.4, -0.2) is 32.1 Å². The minimum absolute atomic E-state index is 0.513. The van der Waals surface area contributed by atoms with Crippen LogP contribution in [0.25, 0.3) is 11.4 Å². The van der Waals surface area contributed by atoms with E-state index in [1.165, 1.54) is 0 Å². The Morgan fingerprint density at radius 3 is 2.65 bits per heavy atom. The first kappa shape index (κ1) is 13.9. The van der Waals surface area contributed by atoms with Crippen molar-refractivity contribution in [3.8, 4) is 11.4 Å². The molecule has 0 bridgehead atoms. The Balaban J connectivity index is 2.36. The Bertz CT molecular complexity index is 601. The zero-order valence-electron chi connectivity index (χ0n) is 11.4. The van der Waals surface area contributed by atoms with Gasteiger partial charge in [0.05, 0.1) is 0 Å². The number of aliphatic carboxylic acids is 1. The van der Waals surface area contributed by atoms with Crippen molar-refractivity contribution in [2.45, 2.75) is 26.3 Å². The Morgan fingerprint density at radius 2 is 2.05 bits per heavy atom. The molecule has 0 saturated carbocycles. The van der Waals surface area contributed by atoms with Crippen LogP contribution in [-0.2, 0) is 11.2 Å². The van der Waals surface area contributed by atoms with Crippen LogP contribution in [0, 0.1) is 0 Å². The molecule has 2 rings (SSSR count). The first-order chi connectivity index (χ1) is 9.60. The predicted molar refractivity (Wildman–Crippen MR) is 75.4 cm³/mol. The van der Waals surface area contributed by atoms with Crippen molar-refractivity contribution in [1.82, 2.24) is 15.0 Å². The van der Waals surface area contributed by atoms with Crippen LogP contribution in [0.15, 0.2) is 30.6 Å². The molecule has 1 atom stereocenters. The summed E-state index contributed by atoms with van der Waals surface area (Å²) in [5, 5.41) is 11.8. The van der Waals surface area contributed by atoms with Gasteiger partial charge in [-0.15, -0.1) is 0 Å². The summed E-state index contributed by atoms with van der Waals surface area (Å²) in [5.41, 5.74) is 1.70. The highest BCUT2D eigenvalue weighted by Crippen LogP contribution is 2.18. The normalized spacial score (nSPS) is 11.9. The summed E-state index contributed by atoms with van der Waals surface area (Å²) in [5.74, 6) is 0.150. The number of aryl methyl sites for hydroxylation is 1. The van der Waals surface area contributed by atoms with Gasteiger partial charge in [0.25, 0.3) is 0 Å². The molecule has 6 nitrogen and oxygen atoms in total. The van der Waals surface area contributed by atoms with E-state index in [0.29, 0.717) is 11.6 Å². The van der Waals surface area contributed by atoms with Gasteiger partial charge >= 0.3 is 5.97 Å². The molecule has 6 heteroatoms. The van der Waals surface area contributed by atoms with Crippen molar-refractivity contribution in [2.75, 3.05) is 5.32 Å². The number of nitrogens with one attached hydrogen (secondary N) is 1. The number of pyridine rings is 1. The number of hydrogen-bond donors (Lipinski definition) is 2. The van der Waals surface area contributed by atoms with E-state index in [1.54, 1.807) is 25.4 Å². The number of carboxylic acids is 1. The number of anilines is 1. The van der Waals surface area contributed by atoms with Crippen molar-refractivity contribution in [1.29, 1.82) is 0 Å². The third kappa shape index (κ3) is 3.28. The van der Waals surface area contributed by atoms with Gasteiger partial charge in [0, 0.05) is 29.7 Å². The molecule has 0 fully saturated rings. The molecule has 0 unspecified atom stereocenters. The third-order valence-corrected chi connectivity index (χ3v) is 2.81. The van der Waals surface area contributed by atoms with E-state index < -0.39 is 12.0 Å². The minimum Gasteiger partial charge on any atom is -0.480 e. The third-order valence-electron chi connectivity index (χ3n) is 2.81. The lowest BCUT2D eigenvalue weighted by atomic mass is 10.2. The van der Waals surface area contributed by atoms with E-state index in [2.05, 4.69) is 20.3 Å². The largest absolute Gasteiger partial charge is 0.480 e. The molecule has 104 valence electrons. The van der Waals surface area contributed by atoms with Crippen molar-refractivity contribution in [2.24, 2.45) is 0 Å². The second-order valence-electron chi connectivity index (χ2n) is 4.36. The molecule has 0 saturated heterocycles. The Morgan fingerprint density at radius 1 is 1.35 bits per heavy atom. The average Bonchev–Trinajstić information content (AvgIpc) is 2.47. The number of carboxylic acid groups (broad SMARTS) is 1. The van der Waals surface area contributed by atoms with Gasteiger partial charge in [-0.05, 0) is 25.5 Å². The fraction of sp³-hybridized carbons (Fsp3) is 0.286. The topological polar surface area (TPSA) is 88.0 Å². The molecule has 2 aromatic rings. The summed E-state index contributed by atoms with van der Waals surface area (Å²) < 4.78 is 0. The van der Waals surface area contributed by atoms with Gasteiger partial charge in [0.15, 0.2) is 5.82 Å². The zero-order chi connectivity index (χ0) is 14.5. The van der Waals surface area contributed by atoms with Gasteiger partial charge in [0.1, 0.15) is 11.9 Å². The van der Waals surface area contributed by atoms with Crippen LogP contribution in [0.1, 0.15) is 19.5 Å². The first-order valence-corrected chi connectivity index (χ1v) is 6.38. The standard InChI is InChI=1S/C14H16N4O2/c1-3-11-8-12(16-9(2)14(19)20)18-13(17-11)10-4-6-15-7-5-10/h4-9H,3H2,1-2H3,(H,19,20)(H,16,17,18)/t9-/m0/s1. The fourth-order valence-corrected chi connectivity index (χ4v) is 1.67. The van der Waals surface area contributed by atoms with Gasteiger partial charge in [-0.3, -0.25) is 9.78 Å². The maximum Gasteiger partial charge on any atom is 0.325 e. The van der Waals surface area contributed by atoms with E-state index in [0.717, 1.165) is 17.7 Å². The predicted octanol–water partition coefficient (Wildman–Crippen LogP) is 1.99. The van der Waals surface area contributed by atoms with E-state index >= 15 is 0 Å². The number of carbonyl (C=O) groups is 1. The molecule has 2 N–H and O–H groups in total. The van der Waals surface area contributed by atoms with Gasteiger partial charge in [-0.2, -0.15) is 0 Å². The van der Waals surface area contributed by atoms with Crippen molar-refractivity contribution < 1.29 is 9.90 Å². The number of hydrogen-bond acceptors (Lipinski definition) is 5. The Labute approximate surface area is 116 Å². The lowest BCUT2D eigenvalue weighted by Crippen LogP contribution is -2.26. The first-order valence-electron chi connectivity index (χ1n) is 6.38. The van der Waals surface area contributed by atoms with Gasteiger partial charge in [-0.25, -0.2) is 9.97 Å². The highest BCUT2D eigenvalue weighted by Gasteiger charge is 2.13. The van der Waals surface area contributed by atoms with Crippen molar-refractivity contribution >= 4 is 11.8 Å². The lowest BCUT2D eigenvalue weighted by molar-refractivity contribution is -0.137. The van der Waals surface area contributed by atoms with Crippen LogP contribution in [0.4, 0.5) is 5.82 Å². The smallest absolute Gasteiger partial charge is 0.325 e. The number of rotatable bonds is 5. The molecule has 0 radical (unpaired) electrons. The molecule has 0 aliphatic carbocycles. The van der Waals surface area contributed by atoms with E-state index in [9.17, 15) is 4.79 Å². The highest BCUT2D eigenvalue weighted by molar-refractivity contribution is 5.76. The second-order valence-corrected chi connectivity index (χ2v) is 4.36. The molecule has 0 aromatic carbocycles. The Hall–Kier alpha value is -2.50. The Kier molecular flexibility index (Phi) is 4.24. The van der Waals surface area contributed by atoms with E-state index in [4.69, 9.17) is 5.11 Å². The van der Waals surface area contributed by atoms with Crippen LogP contribution in [0.5, 0.6) is 0 Å². The summed E-state index contributed by atoms with van der Waals surface area (Å²) in [4.78, 5) is 23.7. The van der Waals surface area contributed by atoms with Crippen LogP contribution < -0.4 is 5.32 Å². The van der Waals surface area contributed by atoms with E-state index in [-0.39, 0.29) is 0 Å². The summed E-state index contributed by atoms with van der Waals surface area (Å²) >= 11 is 0. The van der Waals surface area contributed by atoms with Gasteiger partial charge < -0.3 is 10.4 Å². The van der Waals surface area contributed by atoms with E-state index in [1.807, 2.05) is 19.1 Å². The summed E-state index contributed by atoms with van der Waals surface area (Å²) in [7, 11) is 0. The molecule has 0 amide bonds. The molecular formula is C14H16N4O2. The maximum atomic E-state index is 10.9. The SMILES string of the molecule is CCc1cc(N[C@@H](C)C(=O)O)nc(-c2ccncc2)n1. The maximum absolute atomic E-state index is 10.9. The lowest BCUT2D eigenvalue weighted by Gasteiger charge is -2.12. The molecule has 0 spiro atoms. The summed E-state index contributed by atoms with van der Waals surface area (Å²) in [6.45, 7) is 3.56. The molecule has 2 heterocycles. The summed E-state index contributed by atoms with van der Waals surface area (Å²) in [6, 6.07) is 4.70. The molecule has 2 aromatic heterocycles. The van der Waals surface area contributed by atoms with Crippen LogP contribution in [0.2, 0.25) is 0 Å². The fourth-order valence-electron chi connectivity index (χ4n) is 1.67. The molecule has 0 aliphatic rings. The number of aromatic nitrogens is 3. The average molecular weight is 272 g/mol. The van der Waals surface area contributed by atoms with Crippen molar-refractivity contribution in [3.05, 3.63) is 36.3 Å². The quantitative estimate of drug-likeness (QED) is 0.865. The monoisotopic (exact) mass is 272 g/mol. The molecule has 20 heavy (non-hydrogen) atoms. The number of nitrogens with zero attached hydrogens (tertiary/aromatic N) is 3. The minimum atomic E-state index is -0.924. The van der Waals surface area contributed by atoms with Crippen LogP contribution >= 0.6 is 0 Å². The van der Waals surface area contributed by atoms with Crippen LogP contribution in [0.3, 0.4) is 0 Å². The van der Waals surface area contributed by atoms with Crippen molar-refractivity contribution in [3.63, 3.8) is 0 Å². The van der Waals surface area contributed by atoms with Gasteiger partial charge in [-0.1, -0.05) is 6.92 Å². The molecular weight excluding hydrogens is 256 g/mol.